The van der Waals surface area contributed by atoms with Gasteiger partial charge in [0.25, 0.3) is 0 Å². The van der Waals surface area contributed by atoms with Gasteiger partial charge in [-0.2, -0.15) is 4.98 Å². The van der Waals surface area contributed by atoms with Gasteiger partial charge >= 0.3 is 5.97 Å². The Morgan fingerprint density at radius 1 is 1.14 bits per heavy atom. The molecule has 1 aliphatic rings. The van der Waals surface area contributed by atoms with Crippen LogP contribution in [0.25, 0.3) is 16.7 Å². The van der Waals surface area contributed by atoms with Gasteiger partial charge in [-0.05, 0) is 67.6 Å². The number of fused-ring (bicyclic) bond motifs is 2. The van der Waals surface area contributed by atoms with E-state index >= 15 is 0 Å². The minimum absolute atomic E-state index is 0.0390. The molecule has 5 rings (SSSR count). The minimum atomic E-state index is -0.656. The molecule has 0 bridgehead atoms. The van der Waals surface area contributed by atoms with Crippen LogP contribution >= 0.6 is 0 Å². The zero-order valence-electron chi connectivity index (χ0n) is 20.0. The van der Waals surface area contributed by atoms with Gasteiger partial charge in [0, 0.05) is 43.6 Å². The third kappa shape index (κ3) is 4.35. The van der Waals surface area contributed by atoms with Crippen LogP contribution < -0.4 is 15.6 Å². The maximum absolute atomic E-state index is 13.2. The summed E-state index contributed by atoms with van der Waals surface area (Å²) in [5, 5.41) is 3.49. The number of carbonyl (C=O) groups excluding carboxylic acids is 1. The monoisotopic (exact) mass is 469 g/mol. The van der Waals surface area contributed by atoms with Crippen molar-refractivity contribution in [2.45, 2.75) is 26.2 Å². The molecule has 2 aromatic carbocycles. The smallest absolute Gasteiger partial charge is 0.343 e. The number of hydrogen-bond donors (Lipinski definition) is 1. The highest BCUT2D eigenvalue weighted by atomic mass is 16.5. The number of rotatable bonds is 6. The van der Waals surface area contributed by atoms with Gasteiger partial charge in [-0.25, -0.2) is 9.78 Å². The van der Waals surface area contributed by atoms with Crippen LogP contribution in [0.5, 0.6) is 0 Å². The molecule has 2 aromatic heterocycles. The first-order chi connectivity index (χ1) is 16.9. The zero-order valence-corrected chi connectivity index (χ0v) is 20.0. The Hall–Kier alpha value is -4.20. The molecule has 4 aromatic rings. The van der Waals surface area contributed by atoms with Crippen molar-refractivity contribution in [3.63, 3.8) is 0 Å². The van der Waals surface area contributed by atoms with E-state index in [1.165, 1.54) is 23.5 Å². The summed E-state index contributed by atoms with van der Waals surface area (Å²) in [7, 11) is 3.95. The van der Waals surface area contributed by atoms with Crippen molar-refractivity contribution in [1.82, 2.24) is 14.5 Å². The predicted octanol–water partition coefficient (Wildman–Crippen LogP) is 4.26. The molecule has 0 amide bonds. The van der Waals surface area contributed by atoms with Crippen LogP contribution in [0.15, 0.2) is 59.7 Å². The zero-order chi connectivity index (χ0) is 24.5. The lowest BCUT2D eigenvalue weighted by Gasteiger charge is -2.16. The summed E-state index contributed by atoms with van der Waals surface area (Å²) < 4.78 is 6.93. The van der Waals surface area contributed by atoms with E-state index in [1.54, 1.807) is 11.5 Å². The number of nitrogens with one attached hydrogen (secondary N) is 1. The number of carbonyl (C=O) groups is 1. The molecule has 0 unspecified atom stereocenters. The molecule has 1 N–H and O–H groups in total. The predicted molar refractivity (Wildman–Crippen MR) is 137 cm³/mol. The van der Waals surface area contributed by atoms with E-state index in [-0.39, 0.29) is 17.6 Å². The number of hydrogen-bond acceptors (Lipinski definition) is 7. The second-order valence-electron chi connectivity index (χ2n) is 8.77. The van der Waals surface area contributed by atoms with Crippen LogP contribution in [0, 0.1) is 0 Å². The molecule has 35 heavy (non-hydrogen) atoms. The van der Waals surface area contributed by atoms with Gasteiger partial charge in [0.05, 0.1) is 12.0 Å². The van der Waals surface area contributed by atoms with Crippen molar-refractivity contribution in [2.24, 2.45) is 0 Å². The number of pyridine rings is 1. The number of aryl methyl sites for hydroxylation is 2. The van der Waals surface area contributed by atoms with Crippen LogP contribution in [-0.2, 0) is 17.6 Å². The Balaban J connectivity index is 1.66. The van der Waals surface area contributed by atoms with Crippen molar-refractivity contribution >= 4 is 34.3 Å². The molecule has 1 aliphatic carbocycles. The van der Waals surface area contributed by atoms with Gasteiger partial charge in [-0.1, -0.05) is 12.1 Å². The van der Waals surface area contributed by atoms with Crippen molar-refractivity contribution < 1.29 is 9.53 Å². The fourth-order valence-corrected chi connectivity index (χ4v) is 4.42. The Morgan fingerprint density at radius 3 is 2.77 bits per heavy atom. The van der Waals surface area contributed by atoms with E-state index in [4.69, 9.17) is 9.72 Å². The van der Waals surface area contributed by atoms with Crippen LogP contribution in [-0.4, -0.2) is 41.2 Å². The topological polar surface area (TPSA) is 89.3 Å². The molecule has 0 fully saturated rings. The van der Waals surface area contributed by atoms with E-state index in [0.29, 0.717) is 11.6 Å². The Kier molecular flexibility index (Phi) is 5.94. The van der Waals surface area contributed by atoms with Crippen molar-refractivity contribution in [2.75, 3.05) is 30.9 Å². The van der Waals surface area contributed by atoms with Gasteiger partial charge in [0.15, 0.2) is 5.65 Å². The normalized spacial score (nSPS) is 12.4. The first-order valence-corrected chi connectivity index (χ1v) is 11.7. The second-order valence-corrected chi connectivity index (χ2v) is 8.77. The lowest BCUT2D eigenvalue weighted by Crippen LogP contribution is -2.21. The number of benzene rings is 2. The summed E-state index contributed by atoms with van der Waals surface area (Å²) in [6.07, 6.45) is 6.20. The first-order valence-electron chi connectivity index (χ1n) is 11.7. The highest BCUT2D eigenvalue weighted by Gasteiger charge is 2.20. The molecule has 0 saturated heterocycles. The Labute approximate surface area is 203 Å². The molecule has 0 radical (unpaired) electrons. The summed E-state index contributed by atoms with van der Waals surface area (Å²) in [6, 6.07) is 14.1. The molecule has 0 atom stereocenters. The highest BCUT2D eigenvalue weighted by Crippen LogP contribution is 2.27. The molecular formula is C27H27N5O3. The number of nitrogens with zero attached hydrogens (tertiary/aromatic N) is 4. The first kappa shape index (κ1) is 22.6. The molecule has 2 heterocycles. The quantitative estimate of drug-likeness (QED) is 0.422. The summed E-state index contributed by atoms with van der Waals surface area (Å²) in [5.74, 6) is -0.302. The third-order valence-corrected chi connectivity index (χ3v) is 6.22. The maximum Gasteiger partial charge on any atom is 0.343 e. The summed E-state index contributed by atoms with van der Waals surface area (Å²) in [5.41, 5.74) is 5.24. The second kappa shape index (κ2) is 9.21. The Bertz CT molecular complexity index is 1490. The van der Waals surface area contributed by atoms with Gasteiger partial charge in [0.1, 0.15) is 5.56 Å². The average Bonchev–Trinajstić information content (AvgIpc) is 3.32. The van der Waals surface area contributed by atoms with E-state index in [2.05, 4.69) is 22.4 Å². The molecule has 8 heteroatoms. The fraction of sp³-hybridized carbons (Fsp3) is 0.259. The number of aromatic nitrogens is 3. The molecule has 0 aliphatic heterocycles. The lowest BCUT2D eigenvalue weighted by atomic mass is 10.1. The van der Waals surface area contributed by atoms with Gasteiger partial charge in [-0.3, -0.25) is 4.79 Å². The average molecular weight is 470 g/mol. The third-order valence-electron chi connectivity index (χ3n) is 6.22. The van der Waals surface area contributed by atoms with Crippen LogP contribution in [0.2, 0.25) is 0 Å². The standard InChI is InChI=1S/C27H27N5O3/c1-4-35-26(34)23-16-32(21-12-11-17-7-5-8-18(17)13-21)25-22(24(23)33)15-28-27(30-25)29-19-9-6-10-20(14-19)31(2)3/h6,9-16H,4-5,7-8H2,1-3H3,(H,28,29,30). The Morgan fingerprint density at radius 2 is 1.97 bits per heavy atom. The molecule has 178 valence electrons. The largest absolute Gasteiger partial charge is 0.462 e. The summed E-state index contributed by atoms with van der Waals surface area (Å²) in [6.45, 7) is 1.89. The minimum Gasteiger partial charge on any atom is -0.462 e. The van der Waals surface area contributed by atoms with E-state index in [0.717, 1.165) is 36.3 Å². The van der Waals surface area contributed by atoms with Gasteiger partial charge < -0.3 is 19.5 Å². The van der Waals surface area contributed by atoms with Gasteiger partial charge in [0.2, 0.25) is 11.4 Å². The number of esters is 1. The van der Waals surface area contributed by atoms with Crippen LogP contribution in [0.4, 0.5) is 17.3 Å². The van der Waals surface area contributed by atoms with Crippen LogP contribution in [0.1, 0.15) is 34.8 Å². The van der Waals surface area contributed by atoms with E-state index < -0.39 is 11.4 Å². The van der Waals surface area contributed by atoms with Crippen molar-refractivity contribution in [3.05, 3.63) is 81.8 Å². The molecule has 0 spiro atoms. The highest BCUT2D eigenvalue weighted by molar-refractivity contribution is 5.93. The SMILES string of the molecule is CCOC(=O)c1cn(-c2ccc3c(c2)CCC3)c2nc(Nc3cccc(N(C)C)c3)ncc2c1=O. The van der Waals surface area contributed by atoms with Crippen molar-refractivity contribution in [1.29, 1.82) is 0 Å². The van der Waals surface area contributed by atoms with Gasteiger partial charge in [-0.15, -0.1) is 0 Å². The maximum atomic E-state index is 13.2. The molecular weight excluding hydrogens is 442 g/mol. The van der Waals surface area contributed by atoms with E-state index in [9.17, 15) is 9.59 Å². The van der Waals surface area contributed by atoms with Crippen molar-refractivity contribution in [3.8, 4) is 5.69 Å². The summed E-state index contributed by atoms with van der Waals surface area (Å²) >= 11 is 0. The number of anilines is 3. The lowest BCUT2D eigenvalue weighted by molar-refractivity contribution is 0.0524. The molecule has 8 nitrogen and oxygen atoms in total. The summed E-state index contributed by atoms with van der Waals surface area (Å²) in [4.78, 5) is 36.8. The van der Waals surface area contributed by atoms with Crippen LogP contribution in [0.3, 0.4) is 0 Å². The number of ether oxygens (including phenoxy) is 1. The fourth-order valence-electron chi connectivity index (χ4n) is 4.42. The van der Waals surface area contributed by atoms with E-state index in [1.807, 2.05) is 49.3 Å². The molecule has 0 saturated carbocycles.